The first kappa shape index (κ1) is 16.6. The molecule has 0 amide bonds. The van der Waals surface area contributed by atoms with Gasteiger partial charge in [0.25, 0.3) is 0 Å². The van der Waals surface area contributed by atoms with Crippen molar-refractivity contribution in [3.63, 3.8) is 0 Å². The molecule has 124 valence electrons. The smallest absolute Gasteiger partial charge is 0.118 e. The Morgan fingerprint density at radius 3 is 2.33 bits per heavy atom. The summed E-state index contributed by atoms with van der Waals surface area (Å²) >= 11 is 5.96. The minimum atomic E-state index is 0.434. The summed E-state index contributed by atoms with van der Waals surface area (Å²) in [4.78, 5) is 0. The van der Waals surface area contributed by atoms with Crippen LogP contribution in [0.2, 0.25) is 5.02 Å². The maximum absolute atomic E-state index is 5.96. The molecule has 0 saturated heterocycles. The van der Waals surface area contributed by atoms with Crippen LogP contribution in [0, 0.1) is 0 Å². The Kier molecular flexibility index (Phi) is 5.18. The van der Waals surface area contributed by atoms with Crippen LogP contribution in [0.5, 0.6) is 5.75 Å². The normalized spacial score (nSPS) is 10.8. The minimum absolute atomic E-state index is 0.434. The van der Waals surface area contributed by atoms with Gasteiger partial charge in [0.1, 0.15) is 5.75 Å². The lowest BCUT2D eigenvalue weighted by Gasteiger charge is -2.09. The van der Waals surface area contributed by atoms with Crippen LogP contribution in [0.25, 0.3) is 0 Å². The maximum Gasteiger partial charge on any atom is 0.118 e. The largest absolute Gasteiger partial charge is 0.497 e. The van der Waals surface area contributed by atoms with Gasteiger partial charge in [-0.1, -0.05) is 35.9 Å². The standard InChI is InChI=1S/C19H20ClN3O/c1-24-19-8-4-14(5-9-19)10-18-11-17(12-21)22-23(18)13-15-2-6-16(20)7-3-15/h2-9,11H,10,12-13,21H2,1H3. The Morgan fingerprint density at radius 2 is 1.71 bits per heavy atom. The molecule has 0 bridgehead atoms. The number of nitrogens with zero attached hydrogens (tertiary/aromatic N) is 2. The van der Waals surface area contributed by atoms with E-state index in [1.165, 1.54) is 5.56 Å². The quantitative estimate of drug-likeness (QED) is 0.744. The fourth-order valence-corrected chi connectivity index (χ4v) is 2.74. The van der Waals surface area contributed by atoms with Gasteiger partial charge in [-0.25, -0.2) is 0 Å². The van der Waals surface area contributed by atoms with Crippen LogP contribution in [-0.4, -0.2) is 16.9 Å². The fraction of sp³-hybridized carbons (Fsp3) is 0.211. The van der Waals surface area contributed by atoms with E-state index < -0.39 is 0 Å². The van der Waals surface area contributed by atoms with E-state index in [-0.39, 0.29) is 0 Å². The topological polar surface area (TPSA) is 53.1 Å². The Morgan fingerprint density at radius 1 is 1.04 bits per heavy atom. The molecule has 3 aromatic rings. The van der Waals surface area contributed by atoms with Crippen LogP contribution in [-0.2, 0) is 19.5 Å². The second-order valence-electron chi connectivity index (χ2n) is 5.64. The zero-order valence-corrected chi connectivity index (χ0v) is 14.3. The maximum atomic E-state index is 5.96. The van der Waals surface area contributed by atoms with Gasteiger partial charge >= 0.3 is 0 Å². The molecule has 0 spiro atoms. The van der Waals surface area contributed by atoms with E-state index in [0.29, 0.717) is 13.1 Å². The van der Waals surface area contributed by atoms with Gasteiger partial charge in [-0.2, -0.15) is 5.10 Å². The highest BCUT2D eigenvalue weighted by molar-refractivity contribution is 6.30. The van der Waals surface area contributed by atoms with Crippen molar-refractivity contribution in [1.29, 1.82) is 0 Å². The number of methoxy groups -OCH3 is 1. The van der Waals surface area contributed by atoms with E-state index in [1.54, 1.807) is 7.11 Å². The molecule has 0 atom stereocenters. The van der Waals surface area contributed by atoms with Gasteiger partial charge in [0.2, 0.25) is 0 Å². The van der Waals surface area contributed by atoms with Crippen molar-refractivity contribution in [3.05, 3.63) is 82.1 Å². The number of hydrogen-bond acceptors (Lipinski definition) is 3. The van der Waals surface area contributed by atoms with Crippen LogP contribution in [0.3, 0.4) is 0 Å². The Hall–Kier alpha value is -2.30. The molecular formula is C19H20ClN3O. The highest BCUT2D eigenvalue weighted by Crippen LogP contribution is 2.17. The number of benzene rings is 2. The number of hydrogen-bond donors (Lipinski definition) is 1. The molecule has 0 saturated carbocycles. The number of aromatic nitrogens is 2. The molecule has 3 rings (SSSR count). The van der Waals surface area contributed by atoms with Crippen molar-refractivity contribution in [1.82, 2.24) is 9.78 Å². The third-order valence-electron chi connectivity index (χ3n) is 3.91. The van der Waals surface area contributed by atoms with Crippen LogP contribution < -0.4 is 10.5 Å². The molecule has 1 heterocycles. The second-order valence-corrected chi connectivity index (χ2v) is 6.08. The molecule has 0 unspecified atom stereocenters. The van der Waals surface area contributed by atoms with E-state index >= 15 is 0 Å². The summed E-state index contributed by atoms with van der Waals surface area (Å²) in [6.45, 7) is 1.13. The van der Waals surface area contributed by atoms with Crippen molar-refractivity contribution in [2.45, 2.75) is 19.5 Å². The molecule has 2 aromatic carbocycles. The fourth-order valence-electron chi connectivity index (χ4n) is 2.61. The Balaban J connectivity index is 1.83. The molecule has 5 heteroatoms. The van der Waals surface area contributed by atoms with Crippen LogP contribution in [0.1, 0.15) is 22.5 Å². The summed E-state index contributed by atoms with van der Waals surface area (Å²) in [6, 6.07) is 18.0. The SMILES string of the molecule is COc1ccc(Cc2cc(CN)nn2Cc2ccc(Cl)cc2)cc1. The molecular weight excluding hydrogens is 322 g/mol. The van der Waals surface area contributed by atoms with Crippen molar-refractivity contribution in [2.24, 2.45) is 5.73 Å². The summed E-state index contributed by atoms with van der Waals surface area (Å²) in [7, 11) is 1.67. The van der Waals surface area contributed by atoms with Crippen LogP contribution >= 0.6 is 11.6 Å². The lowest BCUT2D eigenvalue weighted by atomic mass is 10.1. The molecule has 0 aliphatic heterocycles. The number of rotatable bonds is 6. The average Bonchev–Trinajstić information content (AvgIpc) is 2.99. The third-order valence-corrected chi connectivity index (χ3v) is 4.16. The van der Waals surface area contributed by atoms with Crippen LogP contribution in [0.15, 0.2) is 54.6 Å². The summed E-state index contributed by atoms with van der Waals surface area (Å²) < 4.78 is 7.22. The van der Waals surface area contributed by atoms with E-state index in [9.17, 15) is 0 Å². The number of ether oxygens (including phenoxy) is 1. The lowest BCUT2D eigenvalue weighted by Crippen LogP contribution is -2.07. The zero-order chi connectivity index (χ0) is 16.9. The number of nitrogens with two attached hydrogens (primary N) is 1. The van der Waals surface area contributed by atoms with E-state index in [1.807, 2.05) is 41.1 Å². The van der Waals surface area contributed by atoms with Gasteiger partial charge in [0.05, 0.1) is 19.3 Å². The summed E-state index contributed by atoms with van der Waals surface area (Å²) in [5.41, 5.74) is 10.2. The van der Waals surface area contributed by atoms with E-state index in [4.69, 9.17) is 22.1 Å². The Labute approximate surface area is 146 Å². The Bertz CT molecular complexity index is 794. The second kappa shape index (κ2) is 7.51. The molecule has 0 aliphatic carbocycles. The molecule has 4 nitrogen and oxygen atoms in total. The van der Waals surface area contributed by atoms with Crippen molar-refractivity contribution in [2.75, 3.05) is 7.11 Å². The highest BCUT2D eigenvalue weighted by atomic mass is 35.5. The zero-order valence-electron chi connectivity index (χ0n) is 13.6. The molecule has 0 fully saturated rings. The molecule has 2 N–H and O–H groups in total. The summed E-state index contributed by atoms with van der Waals surface area (Å²) in [5.74, 6) is 0.857. The van der Waals surface area contributed by atoms with E-state index in [2.05, 4.69) is 23.3 Å². The first-order valence-corrected chi connectivity index (χ1v) is 8.19. The third kappa shape index (κ3) is 3.96. The minimum Gasteiger partial charge on any atom is -0.497 e. The van der Waals surface area contributed by atoms with Gasteiger partial charge < -0.3 is 10.5 Å². The molecule has 1 aromatic heterocycles. The van der Waals surface area contributed by atoms with Gasteiger partial charge in [-0.05, 0) is 41.5 Å². The summed E-state index contributed by atoms with van der Waals surface area (Å²) in [6.07, 6.45) is 0.796. The van der Waals surface area contributed by atoms with Crippen molar-refractivity contribution in [3.8, 4) is 5.75 Å². The first-order valence-electron chi connectivity index (χ1n) is 7.81. The van der Waals surface area contributed by atoms with Crippen LogP contribution in [0.4, 0.5) is 0 Å². The molecule has 24 heavy (non-hydrogen) atoms. The predicted octanol–water partition coefficient (Wildman–Crippen LogP) is 3.64. The summed E-state index contributed by atoms with van der Waals surface area (Å²) in [5, 5.41) is 5.35. The average molecular weight is 342 g/mol. The van der Waals surface area contributed by atoms with Gasteiger partial charge in [0.15, 0.2) is 0 Å². The van der Waals surface area contributed by atoms with Gasteiger partial charge in [-0.15, -0.1) is 0 Å². The monoisotopic (exact) mass is 341 g/mol. The van der Waals surface area contributed by atoms with Crippen molar-refractivity contribution >= 4 is 11.6 Å². The predicted molar refractivity (Wildman–Crippen MR) is 96.5 cm³/mol. The van der Waals surface area contributed by atoms with Gasteiger partial charge in [0, 0.05) is 23.7 Å². The number of halogens is 1. The first-order chi connectivity index (χ1) is 11.7. The molecule has 0 aliphatic rings. The lowest BCUT2D eigenvalue weighted by molar-refractivity contribution is 0.414. The van der Waals surface area contributed by atoms with Crippen molar-refractivity contribution < 1.29 is 4.74 Å². The molecule has 0 radical (unpaired) electrons. The van der Waals surface area contributed by atoms with E-state index in [0.717, 1.165) is 34.1 Å². The van der Waals surface area contributed by atoms with Gasteiger partial charge in [-0.3, -0.25) is 4.68 Å². The highest BCUT2D eigenvalue weighted by Gasteiger charge is 2.09.